The molecule has 0 saturated carbocycles. The van der Waals surface area contributed by atoms with E-state index in [0.717, 1.165) is 5.56 Å². The molecule has 1 heterocycles. The van der Waals surface area contributed by atoms with E-state index in [4.69, 9.17) is 0 Å². The molecule has 0 aliphatic heterocycles. The minimum absolute atomic E-state index is 0.154. The van der Waals surface area contributed by atoms with Crippen molar-refractivity contribution in [1.82, 2.24) is 15.1 Å². The molecule has 0 aliphatic carbocycles. The Balaban J connectivity index is 2.05. The van der Waals surface area contributed by atoms with Gasteiger partial charge in [-0.25, -0.2) is 4.39 Å². The fraction of sp³-hybridized carbons (Fsp3) is 0.231. The van der Waals surface area contributed by atoms with Gasteiger partial charge in [0.05, 0.1) is 0 Å². The summed E-state index contributed by atoms with van der Waals surface area (Å²) in [7, 11) is 1.75. The fourth-order valence-electron chi connectivity index (χ4n) is 1.73. The molecule has 2 rings (SSSR count). The van der Waals surface area contributed by atoms with Crippen LogP contribution < -0.4 is 5.32 Å². The molecule has 18 heavy (non-hydrogen) atoms. The number of aryl methyl sites for hydroxylation is 2. The van der Waals surface area contributed by atoms with Crippen molar-refractivity contribution in [3.63, 3.8) is 0 Å². The average molecular weight is 247 g/mol. The highest BCUT2D eigenvalue weighted by atomic mass is 19.1. The minimum atomic E-state index is -0.324. The van der Waals surface area contributed by atoms with Crippen molar-refractivity contribution in [2.24, 2.45) is 7.05 Å². The second kappa shape index (κ2) is 5.00. The molecule has 1 N–H and O–H groups in total. The van der Waals surface area contributed by atoms with Crippen molar-refractivity contribution in [2.45, 2.75) is 13.5 Å². The molecule has 94 valence electrons. The van der Waals surface area contributed by atoms with Crippen LogP contribution in [0.25, 0.3) is 0 Å². The predicted molar refractivity (Wildman–Crippen MR) is 65.5 cm³/mol. The van der Waals surface area contributed by atoms with Crippen LogP contribution in [-0.4, -0.2) is 15.7 Å². The van der Waals surface area contributed by atoms with Gasteiger partial charge in [-0.3, -0.25) is 9.48 Å². The van der Waals surface area contributed by atoms with E-state index in [-0.39, 0.29) is 18.3 Å². The fourth-order valence-corrected chi connectivity index (χ4v) is 1.73. The van der Waals surface area contributed by atoms with Crippen molar-refractivity contribution in [3.8, 4) is 0 Å². The SMILES string of the molecule is Cc1cn(C)nc1C(=O)NCc1ccccc1F. The van der Waals surface area contributed by atoms with Crippen molar-refractivity contribution in [1.29, 1.82) is 0 Å². The summed E-state index contributed by atoms with van der Waals surface area (Å²) in [6, 6.07) is 6.36. The average Bonchev–Trinajstić information content (AvgIpc) is 2.67. The zero-order chi connectivity index (χ0) is 13.1. The zero-order valence-electron chi connectivity index (χ0n) is 10.3. The van der Waals surface area contributed by atoms with E-state index in [9.17, 15) is 9.18 Å². The number of carbonyl (C=O) groups is 1. The molecular formula is C13H14FN3O. The number of hydrogen-bond acceptors (Lipinski definition) is 2. The highest BCUT2D eigenvalue weighted by Crippen LogP contribution is 2.07. The Morgan fingerprint density at radius 1 is 1.44 bits per heavy atom. The Bertz CT molecular complexity index is 577. The molecule has 0 fully saturated rings. The van der Waals surface area contributed by atoms with E-state index in [1.165, 1.54) is 6.07 Å². The largest absolute Gasteiger partial charge is 0.346 e. The molecule has 4 nitrogen and oxygen atoms in total. The number of benzene rings is 1. The smallest absolute Gasteiger partial charge is 0.272 e. The van der Waals surface area contributed by atoms with Gasteiger partial charge in [-0.15, -0.1) is 0 Å². The van der Waals surface area contributed by atoms with Crippen molar-refractivity contribution in [3.05, 3.63) is 53.1 Å². The molecule has 1 amide bonds. The van der Waals surface area contributed by atoms with Crippen LogP contribution in [0.3, 0.4) is 0 Å². The van der Waals surface area contributed by atoms with E-state index < -0.39 is 0 Å². The van der Waals surface area contributed by atoms with Gasteiger partial charge in [-0.1, -0.05) is 18.2 Å². The molecular weight excluding hydrogens is 233 g/mol. The Labute approximate surface area is 104 Å². The number of hydrogen-bond donors (Lipinski definition) is 1. The van der Waals surface area contributed by atoms with E-state index in [2.05, 4.69) is 10.4 Å². The number of nitrogens with one attached hydrogen (secondary N) is 1. The van der Waals surface area contributed by atoms with Crippen molar-refractivity contribution >= 4 is 5.91 Å². The van der Waals surface area contributed by atoms with Gasteiger partial charge < -0.3 is 5.32 Å². The first kappa shape index (κ1) is 12.3. The normalized spacial score (nSPS) is 10.4. The summed E-state index contributed by atoms with van der Waals surface area (Å²) in [5.74, 6) is -0.619. The molecule has 0 radical (unpaired) electrons. The summed E-state index contributed by atoms with van der Waals surface area (Å²) < 4.78 is 14.9. The molecule has 0 saturated heterocycles. The van der Waals surface area contributed by atoms with Gasteiger partial charge in [-0.2, -0.15) is 5.10 Å². The summed E-state index contributed by atoms with van der Waals surface area (Å²) >= 11 is 0. The summed E-state index contributed by atoms with van der Waals surface area (Å²) in [4.78, 5) is 11.9. The lowest BCUT2D eigenvalue weighted by molar-refractivity contribution is 0.0944. The van der Waals surface area contributed by atoms with Crippen LogP contribution in [0, 0.1) is 12.7 Å². The second-order valence-corrected chi connectivity index (χ2v) is 4.11. The first-order valence-corrected chi connectivity index (χ1v) is 5.60. The number of amides is 1. The standard InChI is InChI=1S/C13H14FN3O/c1-9-8-17(2)16-12(9)13(18)15-7-10-5-3-4-6-11(10)14/h3-6,8H,7H2,1-2H3,(H,15,18). The third kappa shape index (κ3) is 2.56. The lowest BCUT2D eigenvalue weighted by Crippen LogP contribution is -2.24. The maximum absolute atomic E-state index is 13.4. The van der Waals surface area contributed by atoms with E-state index in [1.807, 2.05) is 6.92 Å². The first-order chi connectivity index (χ1) is 8.58. The number of nitrogens with zero attached hydrogens (tertiary/aromatic N) is 2. The molecule has 1 aromatic heterocycles. The lowest BCUT2D eigenvalue weighted by Gasteiger charge is -2.05. The molecule has 0 aliphatic rings. The van der Waals surface area contributed by atoms with E-state index in [1.54, 1.807) is 36.1 Å². The van der Waals surface area contributed by atoms with Crippen molar-refractivity contribution < 1.29 is 9.18 Å². The van der Waals surface area contributed by atoms with Gasteiger partial charge >= 0.3 is 0 Å². The Hall–Kier alpha value is -2.17. The Morgan fingerprint density at radius 2 is 2.17 bits per heavy atom. The summed E-state index contributed by atoms with van der Waals surface area (Å²) in [5.41, 5.74) is 1.62. The maximum atomic E-state index is 13.4. The number of carbonyl (C=O) groups excluding carboxylic acids is 1. The van der Waals surface area contributed by atoms with Crippen LogP contribution in [-0.2, 0) is 13.6 Å². The van der Waals surface area contributed by atoms with Crippen LogP contribution in [0.5, 0.6) is 0 Å². The zero-order valence-corrected chi connectivity index (χ0v) is 10.3. The Kier molecular flexibility index (Phi) is 3.41. The van der Waals surface area contributed by atoms with Crippen LogP contribution >= 0.6 is 0 Å². The number of halogens is 1. The minimum Gasteiger partial charge on any atom is -0.346 e. The highest BCUT2D eigenvalue weighted by Gasteiger charge is 2.13. The monoisotopic (exact) mass is 247 g/mol. The second-order valence-electron chi connectivity index (χ2n) is 4.11. The maximum Gasteiger partial charge on any atom is 0.272 e. The summed E-state index contributed by atoms with van der Waals surface area (Å²) in [6.45, 7) is 1.96. The molecule has 2 aromatic rings. The molecule has 1 aromatic carbocycles. The van der Waals surface area contributed by atoms with Gasteiger partial charge in [0.15, 0.2) is 5.69 Å². The molecule has 0 bridgehead atoms. The quantitative estimate of drug-likeness (QED) is 0.899. The lowest BCUT2D eigenvalue weighted by atomic mass is 10.2. The van der Waals surface area contributed by atoms with Gasteiger partial charge in [0.2, 0.25) is 0 Å². The van der Waals surface area contributed by atoms with E-state index in [0.29, 0.717) is 11.3 Å². The van der Waals surface area contributed by atoms with Crippen LogP contribution in [0.4, 0.5) is 4.39 Å². The Morgan fingerprint density at radius 3 is 2.78 bits per heavy atom. The molecule has 0 spiro atoms. The summed E-state index contributed by atoms with van der Waals surface area (Å²) in [6.07, 6.45) is 1.76. The van der Waals surface area contributed by atoms with Crippen LogP contribution in [0.1, 0.15) is 21.6 Å². The molecule has 0 unspecified atom stereocenters. The summed E-state index contributed by atoms with van der Waals surface area (Å²) in [5, 5.41) is 6.71. The number of rotatable bonds is 3. The van der Waals surface area contributed by atoms with Gasteiger partial charge in [-0.05, 0) is 13.0 Å². The third-order valence-electron chi connectivity index (χ3n) is 2.62. The highest BCUT2D eigenvalue weighted by molar-refractivity contribution is 5.93. The molecule has 0 atom stereocenters. The van der Waals surface area contributed by atoms with Crippen LogP contribution in [0.15, 0.2) is 30.5 Å². The van der Waals surface area contributed by atoms with Crippen molar-refractivity contribution in [2.75, 3.05) is 0 Å². The number of aromatic nitrogens is 2. The first-order valence-electron chi connectivity index (χ1n) is 5.60. The molecule has 5 heteroatoms. The van der Waals surface area contributed by atoms with E-state index >= 15 is 0 Å². The van der Waals surface area contributed by atoms with Gasteiger partial charge in [0, 0.05) is 30.9 Å². The predicted octanol–water partition coefficient (Wildman–Crippen LogP) is 1.80. The van der Waals surface area contributed by atoms with Crippen LogP contribution in [0.2, 0.25) is 0 Å². The topological polar surface area (TPSA) is 46.9 Å². The van der Waals surface area contributed by atoms with Gasteiger partial charge in [0.25, 0.3) is 5.91 Å². The van der Waals surface area contributed by atoms with Gasteiger partial charge in [0.1, 0.15) is 5.82 Å². The third-order valence-corrected chi connectivity index (χ3v) is 2.62.